The van der Waals surface area contributed by atoms with Crippen LogP contribution in [0.25, 0.3) is 0 Å². The van der Waals surface area contributed by atoms with Crippen LogP contribution in [0.5, 0.6) is 0 Å². The molecule has 5 heteroatoms. The second kappa shape index (κ2) is 7.79. The number of carboxylic acid groups (broad SMARTS) is 1. The lowest BCUT2D eigenvalue weighted by Gasteiger charge is -2.55. The molecule has 4 nitrogen and oxygen atoms in total. The number of carbonyl (C=O) groups is 1. The first-order valence-corrected chi connectivity index (χ1v) is 11.9. The van der Waals surface area contributed by atoms with Crippen LogP contribution in [0.15, 0.2) is 35.5 Å². The van der Waals surface area contributed by atoms with E-state index in [9.17, 15) is 9.90 Å². The number of aliphatic carboxylic acids is 1. The van der Waals surface area contributed by atoms with Crippen molar-refractivity contribution in [2.45, 2.75) is 57.4 Å². The number of rotatable bonds is 1. The van der Waals surface area contributed by atoms with E-state index in [0.717, 1.165) is 67.6 Å². The van der Waals surface area contributed by atoms with Crippen LogP contribution in [0.3, 0.4) is 0 Å². The zero-order valence-corrected chi connectivity index (χ0v) is 18.5. The second-order valence-corrected chi connectivity index (χ2v) is 10.6. The second-order valence-electron chi connectivity index (χ2n) is 10.6. The molecule has 0 aromatic heterocycles. The fourth-order valence-electron chi connectivity index (χ4n) is 8.23. The maximum atomic E-state index is 12.3. The molecule has 6 rings (SSSR count). The van der Waals surface area contributed by atoms with Gasteiger partial charge in [0.2, 0.25) is 0 Å². The van der Waals surface area contributed by atoms with Crippen LogP contribution in [0.1, 0.15) is 51.4 Å². The van der Waals surface area contributed by atoms with Gasteiger partial charge in [0.05, 0.1) is 5.41 Å². The van der Waals surface area contributed by atoms with Crippen LogP contribution in [-0.4, -0.2) is 30.3 Å². The molecule has 0 aromatic carbocycles. The molecule has 0 spiro atoms. The minimum absolute atomic E-state index is 0. The molecule has 1 aliphatic heterocycles. The Bertz CT molecular complexity index is 805. The van der Waals surface area contributed by atoms with Crippen LogP contribution >= 0.6 is 12.4 Å². The zero-order valence-electron chi connectivity index (χ0n) is 17.7. The van der Waals surface area contributed by atoms with Crippen molar-refractivity contribution < 1.29 is 9.90 Å². The third kappa shape index (κ3) is 2.97. The maximum Gasteiger partial charge on any atom is 0.314 e. The topological polar surface area (TPSA) is 61.4 Å². The van der Waals surface area contributed by atoms with Gasteiger partial charge in [0, 0.05) is 19.3 Å². The number of halogens is 1. The van der Waals surface area contributed by atoms with Gasteiger partial charge in [0.25, 0.3) is 0 Å². The third-order valence-electron chi connectivity index (χ3n) is 9.62. The van der Waals surface area contributed by atoms with Crippen molar-refractivity contribution in [2.24, 2.45) is 40.9 Å². The van der Waals surface area contributed by atoms with Crippen LogP contribution in [0.2, 0.25) is 0 Å². The Labute approximate surface area is 186 Å². The Morgan fingerprint density at radius 3 is 2.83 bits per heavy atom. The lowest BCUT2D eigenvalue weighted by atomic mass is 9.51. The van der Waals surface area contributed by atoms with Gasteiger partial charge in [0.1, 0.15) is 0 Å². The standard InChI is InChI=1S/C25H34N2O2.ClH/c28-24(29)25-9-2-1-3-22(25)20-7-6-18-17(19(20)8-10-25)5-4-15-12-23-16(11-21(15)18)13-26-14-27-23;/h1,3,6-7,15-19,21,23,26-27H,2,4-5,8-14H2,(H,28,29);1H. The van der Waals surface area contributed by atoms with Crippen molar-refractivity contribution in [3.63, 3.8) is 0 Å². The molecule has 0 bridgehead atoms. The van der Waals surface area contributed by atoms with Crippen molar-refractivity contribution in [3.8, 4) is 0 Å². The minimum Gasteiger partial charge on any atom is -0.481 e. The van der Waals surface area contributed by atoms with Gasteiger partial charge in [-0.2, -0.15) is 0 Å². The summed E-state index contributed by atoms with van der Waals surface area (Å²) in [5.41, 5.74) is 1.91. The first-order chi connectivity index (χ1) is 14.2. The Morgan fingerprint density at radius 1 is 1.07 bits per heavy atom. The van der Waals surface area contributed by atoms with Gasteiger partial charge in [-0.25, -0.2) is 0 Å². The first-order valence-electron chi connectivity index (χ1n) is 11.9. The number of carboxylic acids is 1. The highest BCUT2D eigenvalue weighted by Crippen LogP contribution is 2.59. The molecule has 0 aromatic rings. The molecule has 8 unspecified atom stereocenters. The van der Waals surface area contributed by atoms with E-state index in [4.69, 9.17) is 0 Å². The zero-order chi connectivity index (χ0) is 19.6. The quantitative estimate of drug-likeness (QED) is 0.580. The molecule has 1 heterocycles. The molecule has 30 heavy (non-hydrogen) atoms. The van der Waals surface area contributed by atoms with E-state index >= 15 is 0 Å². The molecule has 3 fully saturated rings. The molecule has 3 N–H and O–H groups in total. The van der Waals surface area contributed by atoms with Crippen molar-refractivity contribution in [2.75, 3.05) is 13.2 Å². The highest BCUT2D eigenvalue weighted by molar-refractivity contribution is 5.85. The highest BCUT2D eigenvalue weighted by atomic mass is 35.5. The minimum atomic E-state index is -0.619. The third-order valence-corrected chi connectivity index (χ3v) is 9.62. The summed E-state index contributed by atoms with van der Waals surface area (Å²) in [6.45, 7) is 2.15. The molecule has 0 amide bonds. The molecule has 6 aliphatic rings. The first kappa shape index (κ1) is 20.8. The van der Waals surface area contributed by atoms with Gasteiger partial charge < -0.3 is 15.7 Å². The number of nitrogens with one attached hydrogen (secondary N) is 2. The number of allylic oxidation sites excluding steroid dienone is 5. The summed E-state index contributed by atoms with van der Waals surface area (Å²) >= 11 is 0. The van der Waals surface area contributed by atoms with E-state index < -0.39 is 11.4 Å². The summed E-state index contributed by atoms with van der Waals surface area (Å²) in [5, 5.41) is 17.4. The van der Waals surface area contributed by atoms with E-state index in [1.165, 1.54) is 37.8 Å². The molecular formula is C25H35ClN2O2. The predicted molar refractivity (Wildman–Crippen MR) is 120 cm³/mol. The molecule has 1 saturated heterocycles. The van der Waals surface area contributed by atoms with E-state index in [1.807, 2.05) is 0 Å². The monoisotopic (exact) mass is 430 g/mol. The summed E-state index contributed by atoms with van der Waals surface area (Å²) in [6, 6.07) is 0.720. The van der Waals surface area contributed by atoms with Gasteiger partial charge in [-0.05, 0) is 98.0 Å². The van der Waals surface area contributed by atoms with Crippen molar-refractivity contribution in [1.82, 2.24) is 10.6 Å². The lowest BCUT2D eigenvalue weighted by Crippen LogP contribution is -2.57. The molecule has 2 saturated carbocycles. The summed E-state index contributed by atoms with van der Waals surface area (Å²) in [5.74, 6) is 3.90. The Hall–Kier alpha value is -1.10. The van der Waals surface area contributed by atoms with Crippen molar-refractivity contribution >= 4 is 18.4 Å². The van der Waals surface area contributed by atoms with E-state index in [1.54, 1.807) is 0 Å². The fraction of sp³-hybridized carbons (Fsp3) is 0.720. The van der Waals surface area contributed by atoms with E-state index in [2.05, 4.69) is 34.9 Å². The molecule has 0 radical (unpaired) electrons. The highest BCUT2D eigenvalue weighted by Gasteiger charge is 2.53. The van der Waals surface area contributed by atoms with Gasteiger partial charge in [-0.3, -0.25) is 4.79 Å². The van der Waals surface area contributed by atoms with Gasteiger partial charge >= 0.3 is 5.97 Å². The van der Waals surface area contributed by atoms with Crippen LogP contribution < -0.4 is 10.6 Å². The normalized spacial score (nSPS) is 46.5. The molecule has 164 valence electrons. The number of hydrogen-bond donors (Lipinski definition) is 3. The largest absolute Gasteiger partial charge is 0.481 e. The smallest absolute Gasteiger partial charge is 0.314 e. The van der Waals surface area contributed by atoms with E-state index in [0.29, 0.717) is 11.8 Å². The van der Waals surface area contributed by atoms with Crippen LogP contribution in [0.4, 0.5) is 0 Å². The van der Waals surface area contributed by atoms with Crippen LogP contribution in [0, 0.1) is 40.9 Å². The van der Waals surface area contributed by atoms with Gasteiger partial charge in [-0.1, -0.05) is 24.3 Å². The Kier molecular flexibility index (Phi) is 5.40. The van der Waals surface area contributed by atoms with Crippen molar-refractivity contribution in [1.29, 1.82) is 0 Å². The van der Waals surface area contributed by atoms with Crippen LogP contribution in [-0.2, 0) is 4.79 Å². The average Bonchev–Trinajstić information content (AvgIpc) is 2.76. The number of fused-ring (bicyclic) bond motifs is 7. The summed E-state index contributed by atoms with van der Waals surface area (Å²) in [7, 11) is 0. The summed E-state index contributed by atoms with van der Waals surface area (Å²) in [4.78, 5) is 12.3. The summed E-state index contributed by atoms with van der Waals surface area (Å²) in [6.07, 6.45) is 18.3. The fourth-order valence-corrected chi connectivity index (χ4v) is 8.23. The number of hydrogen-bond acceptors (Lipinski definition) is 3. The van der Waals surface area contributed by atoms with E-state index in [-0.39, 0.29) is 12.4 Å². The lowest BCUT2D eigenvalue weighted by molar-refractivity contribution is -0.148. The van der Waals surface area contributed by atoms with Crippen molar-refractivity contribution in [3.05, 3.63) is 35.5 Å². The SMILES string of the molecule is Cl.O=C(O)C12CCC=CC1=C1C=CC3C4CC5CNCNC5CC4CCC3C1CC2. The molecular weight excluding hydrogens is 396 g/mol. The Balaban J connectivity index is 0.00000193. The summed E-state index contributed by atoms with van der Waals surface area (Å²) < 4.78 is 0. The average molecular weight is 431 g/mol. The Morgan fingerprint density at radius 2 is 1.97 bits per heavy atom. The molecule has 5 aliphatic carbocycles. The predicted octanol–water partition coefficient (Wildman–Crippen LogP) is 4.29. The van der Waals surface area contributed by atoms with Gasteiger partial charge in [0.15, 0.2) is 0 Å². The molecule has 8 atom stereocenters. The van der Waals surface area contributed by atoms with Gasteiger partial charge in [-0.15, -0.1) is 12.4 Å². The maximum absolute atomic E-state index is 12.3.